The van der Waals surface area contributed by atoms with Crippen LogP contribution < -0.4 is 0 Å². The summed E-state index contributed by atoms with van der Waals surface area (Å²) in [6.07, 6.45) is 0.830. The Bertz CT molecular complexity index is 65.1. The third-order valence-electron chi connectivity index (χ3n) is 0.0722. The van der Waals surface area contributed by atoms with Gasteiger partial charge in [0.05, 0.1) is 0 Å². The zero-order valence-electron chi connectivity index (χ0n) is 5.12. The molecule has 0 aromatic carbocycles. The van der Waals surface area contributed by atoms with Gasteiger partial charge in [0.25, 0.3) is 0 Å². The number of carbonyl (C=O) groups excluding carboxylic acids is 1. The summed E-state index contributed by atoms with van der Waals surface area (Å²) in [4.78, 5) is 9.34. The standard InChI is InChI=1S/C3H5O/c1-2-3-4/h2H2,1H3/i1D3. The maximum absolute atomic E-state index is 9.34. The first-order valence-corrected chi connectivity index (χ1v) is 0.911. The van der Waals surface area contributed by atoms with Gasteiger partial charge in [-0.3, -0.25) is 4.79 Å². The third-order valence-corrected chi connectivity index (χ3v) is 0.0722. The first-order chi connectivity index (χ1) is 3.06. The Morgan fingerprint density at radius 3 is 3.25 bits per heavy atom. The summed E-state index contributed by atoms with van der Waals surface area (Å²) in [5, 5.41) is 0. The molecule has 0 unspecified atom stereocenters. The normalized spacial score (nSPS) is 20.5. The number of hydrogen-bond acceptors (Lipinski definition) is 1. The maximum atomic E-state index is 9.34. The average Bonchev–Trinajstić information content (AvgIpc) is 1.30. The Morgan fingerprint density at radius 2 is 3.25 bits per heavy atom. The minimum atomic E-state index is -2.12. The van der Waals surface area contributed by atoms with Gasteiger partial charge in [-0.2, -0.15) is 0 Å². The Kier molecular flexibility index (Phi) is 0.543. The molecule has 1 nitrogen and oxygen atoms in total. The van der Waals surface area contributed by atoms with Gasteiger partial charge in [-0.25, -0.2) is 0 Å². The van der Waals surface area contributed by atoms with Crippen LogP contribution in [0.3, 0.4) is 0 Å². The topological polar surface area (TPSA) is 17.1 Å². The summed E-state index contributed by atoms with van der Waals surface area (Å²) in [6.45, 7) is -2.12. The van der Waals surface area contributed by atoms with Crippen LogP contribution in [0.2, 0.25) is 0 Å². The predicted molar refractivity (Wildman–Crippen MR) is 16.0 cm³/mol. The smallest absolute Gasteiger partial charge is 0.198 e. The van der Waals surface area contributed by atoms with Crippen molar-refractivity contribution >= 4 is 6.29 Å². The van der Waals surface area contributed by atoms with Gasteiger partial charge in [0.15, 0.2) is 6.29 Å². The molecule has 0 aliphatic heterocycles. The highest BCUT2D eigenvalue weighted by Crippen LogP contribution is 1.53. The maximum Gasteiger partial charge on any atom is 0.198 e. The first-order valence-electron chi connectivity index (χ1n) is 2.41. The summed E-state index contributed by atoms with van der Waals surface area (Å²) in [5.41, 5.74) is 0. The molecule has 23 valence electrons. The van der Waals surface area contributed by atoms with E-state index in [1.165, 1.54) is 6.29 Å². The lowest BCUT2D eigenvalue weighted by molar-refractivity contribution is 0.554. The molecule has 0 N–H and O–H groups in total. The van der Waals surface area contributed by atoms with Crippen LogP contribution in [0.4, 0.5) is 0 Å². The Labute approximate surface area is 29.8 Å². The molecule has 0 aliphatic rings. The van der Waals surface area contributed by atoms with E-state index in [1.54, 1.807) is 0 Å². The van der Waals surface area contributed by atoms with Gasteiger partial charge in [0, 0.05) is 10.5 Å². The molecular formula is C3H5O. The van der Waals surface area contributed by atoms with Crippen LogP contribution in [0.1, 0.15) is 17.4 Å². The van der Waals surface area contributed by atoms with E-state index >= 15 is 0 Å². The van der Waals surface area contributed by atoms with Crippen molar-refractivity contribution in [2.24, 2.45) is 0 Å². The van der Waals surface area contributed by atoms with Crippen LogP contribution in [0.25, 0.3) is 0 Å². The minimum absolute atomic E-state index is 0.465. The summed E-state index contributed by atoms with van der Waals surface area (Å²) >= 11 is 0. The van der Waals surface area contributed by atoms with Crippen LogP contribution in [0.5, 0.6) is 0 Å². The van der Waals surface area contributed by atoms with Gasteiger partial charge in [-0.05, 0) is 0 Å². The lowest BCUT2D eigenvalue weighted by atomic mass is 10.6. The van der Waals surface area contributed by atoms with Gasteiger partial charge in [-0.1, -0.05) is 6.85 Å². The Hall–Kier alpha value is -0.330. The van der Waals surface area contributed by atoms with Crippen molar-refractivity contribution in [1.82, 2.24) is 0 Å². The van der Waals surface area contributed by atoms with Crippen molar-refractivity contribution in [3.8, 4) is 0 Å². The van der Waals surface area contributed by atoms with Crippen LogP contribution >= 0.6 is 0 Å². The van der Waals surface area contributed by atoms with Gasteiger partial charge in [-0.15, -0.1) is 0 Å². The fraction of sp³-hybridized carbons (Fsp3) is 0.667. The molecule has 0 atom stereocenters. The molecule has 4 heavy (non-hydrogen) atoms. The fourth-order valence-electron chi connectivity index (χ4n) is 0. The fourth-order valence-corrected chi connectivity index (χ4v) is 0. The molecule has 0 spiro atoms. The van der Waals surface area contributed by atoms with Crippen LogP contribution in [0.15, 0.2) is 0 Å². The summed E-state index contributed by atoms with van der Waals surface area (Å²) in [5.74, 6) is 0. The van der Waals surface area contributed by atoms with Crippen molar-refractivity contribution in [2.45, 2.75) is 13.3 Å². The van der Waals surface area contributed by atoms with Crippen LogP contribution in [0, 0.1) is 0 Å². The molecule has 0 heterocycles. The van der Waals surface area contributed by atoms with Crippen LogP contribution in [-0.4, -0.2) is 6.29 Å². The minimum Gasteiger partial charge on any atom is -0.291 e. The van der Waals surface area contributed by atoms with E-state index in [2.05, 4.69) is 0 Å². The highest BCUT2D eigenvalue weighted by atomic mass is 16.1. The second-order valence-electron chi connectivity index (χ2n) is 0.321. The van der Waals surface area contributed by atoms with Crippen molar-refractivity contribution in [1.29, 1.82) is 0 Å². The molecular weight excluding hydrogens is 52.0 g/mol. The van der Waals surface area contributed by atoms with Gasteiger partial charge in [0.2, 0.25) is 0 Å². The zero-order chi connectivity index (χ0) is 5.91. The van der Waals surface area contributed by atoms with Gasteiger partial charge in [0.1, 0.15) is 0 Å². The average molecular weight is 60.1 g/mol. The molecule has 0 bridgehead atoms. The van der Waals surface area contributed by atoms with Crippen molar-refractivity contribution in [2.75, 3.05) is 0 Å². The second-order valence-corrected chi connectivity index (χ2v) is 0.321. The summed E-state index contributed by atoms with van der Waals surface area (Å²) < 4.78 is 19.2. The molecule has 0 rings (SSSR count). The molecule has 1 heteroatoms. The monoisotopic (exact) mass is 60.1 g/mol. The van der Waals surface area contributed by atoms with Gasteiger partial charge >= 0.3 is 0 Å². The van der Waals surface area contributed by atoms with E-state index in [4.69, 9.17) is 4.11 Å². The SMILES string of the molecule is [2H]C([2H])([2H])C[C]=O. The molecule has 0 amide bonds. The lowest BCUT2D eigenvalue weighted by Gasteiger charge is -1.48. The molecule has 0 saturated carbocycles. The second kappa shape index (κ2) is 2.67. The Balaban J connectivity index is 3.34. The number of rotatable bonds is 1. The third kappa shape index (κ3) is 1.67. The molecule has 0 saturated heterocycles. The zero-order valence-corrected chi connectivity index (χ0v) is 2.12. The van der Waals surface area contributed by atoms with E-state index in [1.807, 2.05) is 0 Å². The highest BCUT2D eigenvalue weighted by Gasteiger charge is 1.55. The van der Waals surface area contributed by atoms with E-state index in [0.717, 1.165) is 0 Å². The predicted octanol–water partition coefficient (Wildman–Crippen LogP) is 0.506. The number of hydrogen-bond donors (Lipinski definition) is 0. The quantitative estimate of drug-likeness (QED) is 0.431. The summed E-state index contributed by atoms with van der Waals surface area (Å²) in [7, 11) is 0. The summed E-state index contributed by atoms with van der Waals surface area (Å²) in [6, 6.07) is 0. The molecule has 0 aliphatic carbocycles. The highest BCUT2D eigenvalue weighted by molar-refractivity contribution is 5.49. The van der Waals surface area contributed by atoms with Crippen molar-refractivity contribution in [3.63, 3.8) is 0 Å². The first kappa shape index (κ1) is 0.814. The molecule has 0 aromatic rings. The van der Waals surface area contributed by atoms with Crippen LogP contribution in [-0.2, 0) is 4.79 Å². The van der Waals surface area contributed by atoms with E-state index in [9.17, 15) is 4.79 Å². The molecule has 0 aromatic heterocycles. The molecule has 1 radical (unpaired) electrons. The van der Waals surface area contributed by atoms with E-state index < -0.39 is 13.3 Å². The van der Waals surface area contributed by atoms with Crippen molar-refractivity contribution in [3.05, 3.63) is 0 Å². The van der Waals surface area contributed by atoms with Gasteiger partial charge < -0.3 is 0 Å². The Morgan fingerprint density at radius 1 is 2.50 bits per heavy atom. The van der Waals surface area contributed by atoms with E-state index in [0.29, 0.717) is 0 Å². The molecule has 0 fully saturated rings. The van der Waals surface area contributed by atoms with Crippen molar-refractivity contribution < 1.29 is 8.91 Å². The largest absolute Gasteiger partial charge is 0.291 e. The lowest BCUT2D eigenvalue weighted by Crippen LogP contribution is -1.54. The van der Waals surface area contributed by atoms with E-state index in [-0.39, 0.29) is 0 Å².